The average Bonchev–Trinajstić information content (AvgIpc) is 2.22. The van der Waals surface area contributed by atoms with E-state index in [1.54, 1.807) is 0 Å². The molecular formula is C12H28NO3P. The molecule has 0 amide bonds. The topological polar surface area (TPSA) is 38.8 Å². The van der Waals surface area contributed by atoms with Crippen LogP contribution in [0.3, 0.4) is 0 Å². The van der Waals surface area contributed by atoms with Crippen molar-refractivity contribution in [3.63, 3.8) is 0 Å². The number of hydrogen-bond donors (Lipinski definition) is 0. The summed E-state index contributed by atoms with van der Waals surface area (Å²) in [5.41, 5.74) is 0. The Morgan fingerprint density at radius 3 is 1.71 bits per heavy atom. The van der Waals surface area contributed by atoms with Crippen LogP contribution in [0.4, 0.5) is 0 Å². The zero-order valence-electron chi connectivity index (χ0n) is 12.1. The minimum absolute atomic E-state index is 0.180. The van der Waals surface area contributed by atoms with Gasteiger partial charge < -0.3 is 9.05 Å². The zero-order valence-corrected chi connectivity index (χ0v) is 13.0. The standard InChI is InChI=1S/C12H28NO3P/c1-7-9-15-17(14,16-10-8-2)12(11(3)4)13(5)6/h11-12H,7-10H2,1-6H3. The lowest BCUT2D eigenvalue weighted by Crippen LogP contribution is -2.34. The molecule has 0 aromatic carbocycles. The van der Waals surface area contributed by atoms with Crippen LogP contribution >= 0.6 is 7.60 Å². The molecular weight excluding hydrogens is 237 g/mol. The van der Waals surface area contributed by atoms with Gasteiger partial charge in [0.1, 0.15) is 5.78 Å². The second-order valence-corrected chi connectivity index (χ2v) is 6.95. The predicted octanol–water partition coefficient (Wildman–Crippen LogP) is 3.58. The summed E-state index contributed by atoms with van der Waals surface area (Å²) in [6.45, 7) is 9.06. The van der Waals surface area contributed by atoms with Gasteiger partial charge in [0.2, 0.25) is 0 Å². The lowest BCUT2D eigenvalue weighted by atomic mass is 10.2. The van der Waals surface area contributed by atoms with E-state index in [0.717, 1.165) is 12.8 Å². The van der Waals surface area contributed by atoms with Gasteiger partial charge in [-0.25, -0.2) is 0 Å². The Kier molecular flexibility index (Phi) is 8.31. The zero-order chi connectivity index (χ0) is 13.5. The van der Waals surface area contributed by atoms with Crippen LogP contribution in [0.2, 0.25) is 0 Å². The van der Waals surface area contributed by atoms with Gasteiger partial charge >= 0.3 is 7.60 Å². The van der Waals surface area contributed by atoms with Crippen molar-refractivity contribution in [2.24, 2.45) is 5.92 Å². The smallest absolute Gasteiger partial charge is 0.307 e. The first-order valence-electron chi connectivity index (χ1n) is 6.44. The largest absolute Gasteiger partial charge is 0.347 e. The maximum Gasteiger partial charge on any atom is 0.347 e. The van der Waals surface area contributed by atoms with E-state index in [1.165, 1.54) is 0 Å². The number of rotatable bonds is 9. The van der Waals surface area contributed by atoms with Crippen molar-refractivity contribution in [3.05, 3.63) is 0 Å². The van der Waals surface area contributed by atoms with E-state index >= 15 is 0 Å². The lowest BCUT2D eigenvalue weighted by molar-refractivity contribution is 0.161. The SMILES string of the molecule is CCCOP(=O)(OCCC)C(C(C)C)N(C)C. The van der Waals surface area contributed by atoms with Crippen molar-refractivity contribution in [1.29, 1.82) is 0 Å². The predicted molar refractivity (Wildman–Crippen MR) is 72.4 cm³/mol. The van der Waals surface area contributed by atoms with Gasteiger partial charge in [0, 0.05) is 0 Å². The molecule has 5 heteroatoms. The van der Waals surface area contributed by atoms with Crippen LogP contribution < -0.4 is 0 Å². The Balaban J connectivity index is 4.89. The van der Waals surface area contributed by atoms with Gasteiger partial charge in [-0.2, -0.15) is 0 Å². The summed E-state index contributed by atoms with van der Waals surface area (Å²) in [5.74, 6) is 0.0464. The molecule has 0 spiro atoms. The Labute approximate surface area is 106 Å². The van der Waals surface area contributed by atoms with Gasteiger partial charge in [-0.15, -0.1) is 0 Å². The summed E-state index contributed by atoms with van der Waals surface area (Å²) in [6.07, 6.45) is 1.69. The first-order valence-corrected chi connectivity index (χ1v) is 8.05. The van der Waals surface area contributed by atoms with E-state index in [0.29, 0.717) is 13.2 Å². The third-order valence-electron chi connectivity index (χ3n) is 2.40. The summed E-state index contributed by atoms with van der Waals surface area (Å²) in [6, 6.07) is 0. The van der Waals surface area contributed by atoms with Crippen molar-refractivity contribution < 1.29 is 13.6 Å². The highest BCUT2D eigenvalue weighted by atomic mass is 31.2. The van der Waals surface area contributed by atoms with Gasteiger partial charge in [0.25, 0.3) is 0 Å². The second kappa shape index (κ2) is 8.25. The third-order valence-corrected chi connectivity index (χ3v) is 5.19. The van der Waals surface area contributed by atoms with Crippen molar-refractivity contribution >= 4 is 7.60 Å². The summed E-state index contributed by atoms with van der Waals surface area (Å²) in [5, 5.41) is 0. The van der Waals surface area contributed by atoms with E-state index < -0.39 is 7.60 Å². The van der Waals surface area contributed by atoms with Crippen LogP contribution in [-0.2, 0) is 13.6 Å². The first kappa shape index (κ1) is 17.1. The van der Waals surface area contributed by atoms with Crippen molar-refractivity contribution in [1.82, 2.24) is 4.90 Å². The lowest BCUT2D eigenvalue weighted by Gasteiger charge is -2.33. The fourth-order valence-electron chi connectivity index (χ4n) is 1.87. The molecule has 17 heavy (non-hydrogen) atoms. The van der Waals surface area contributed by atoms with E-state index in [-0.39, 0.29) is 11.7 Å². The molecule has 0 saturated carbocycles. The number of nitrogens with zero attached hydrogens (tertiary/aromatic N) is 1. The Morgan fingerprint density at radius 1 is 1.06 bits per heavy atom. The van der Waals surface area contributed by atoms with Crippen LogP contribution in [-0.4, -0.2) is 38.0 Å². The summed E-state index contributed by atoms with van der Waals surface area (Å²) in [7, 11) is 0.788. The molecule has 0 aliphatic rings. The highest BCUT2D eigenvalue weighted by Gasteiger charge is 2.39. The first-order chi connectivity index (χ1) is 7.89. The Bertz CT molecular complexity index is 224. The van der Waals surface area contributed by atoms with E-state index in [9.17, 15) is 4.57 Å². The molecule has 1 unspecified atom stereocenters. The normalized spacial score (nSPS) is 14.6. The molecule has 0 bridgehead atoms. The third kappa shape index (κ3) is 5.52. The molecule has 4 nitrogen and oxygen atoms in total. The fourth-order valence-corrected chi connectivity index (χ4v) is 4.42. The van der Waals surface area contributed by atoms with E-state index in [1.807, 2.05) is 46.7 Å². The monoisotopic (exact) mass is 265 g/mol. The molecule has 0 aliphatic carbocycles. The van der Waals surface area contributed by atoms with Gasteiger partial charge in [-0.05, 0) is 32.9 Å². The molecule has 0 radical (unpaired) electrons. The minimum atomic E-state index is -3.05. The van der Waals surface area contributed by atoms with Crippen LogP contribution in [0.1, 0.15) is 40.5 Å². The molecule has 0 aromatic rings. The Morgan fingerprint density at radius 2 is 1.47 bits per heavy atom. The quantitative estimate of drug-likeness (QED) is 0.597. The van der Waals surface area contributed by atoms with Crippen LogP contribution in [0.15, 0.2) is 0 Å². The molecule has 104 valence electrons. The molecule has 0 rings (SSSR count). The highest BCUT2D eigenvalue weighted by Crippen LogP contribution is 2.56. The van der Waals surface area contributed by atoms with Gasteiger partial charge in [-0.3, -0.25) is 9.46 Å². The van der Waals surface area contributed by atoms with Crippen LogP contribution in [0.25, 0.3) is 0 Å². The van der Waals surface area contributed by atoms with E-state index in [2.05, 4.69) is 0 Å². The highest BCUT2D eigenvalue weighted by molar-refractivity contribution is 7.54. The fraction of sp³-hybridized carbons (Fsp3) is 1.00. The maximum atomic E-state index is 12.8. The van der Waals surface area contributed by atoms with Crippen molar-refractivity contribution in [2.75, 3.05) is 27.3 Å². The van der Waals surface area contributed by atoms with Crippen molar-refractivity contribution in [2.45, 2.75) is 46.3 Å². The summed E-state index contributed by atoms with van der Waals surface area (Å²) < 4.78 is 23.9. The molecule has 0 N–H and O–H groups in total. The summed E-state index contributed by atoms with van der Waals surface area (Å²) in [4.78, 5) is 1.94. The second-order valence-electron chi connectivity index (χ2n) is 4.83. The maximum absolute atomic E-state index is 12.8. The molecule has 0 aromatic heterocycles. The molecule has 0 saturated heterocycles. The van der Waals surface area contributed by atoms with Crippen molar-refractivity contribution in [3.8, 4) is 0 Å². The summed E-state index contributed by atoms with van der Waals surface area (Å²) >= 11 is 0. The molecule has 0 aliphatic heterocycles. The van der Waals surface area contributed by atoms with Gasteiger partial charge in [0.15, 0.2) is 0 Å². The molecule has 0 heterocycles. The Hall–Kier alpha value is 0.110. The minimum Gasteiger partial charge on any atom is -0.307 e. The van der Waals surface area contributed by atoms with Gasteiger partial charge in [-0.1, -0.05) is 27.7 Å². The van der Waals surface area contributed by atoms with Crippen LogP contribution in [0, 0.1) is 5.92 Å². The van der Waals surface area contributed by atoms with Gasteiger partial charge in [0.05, 0.1) is 13.2 Å². The van der Waals surface area contributed by atoms with E-state index in [4.69, 9.17) is 9.05 Å². The molecule has 0 fully saturated rings. The molecule has 1 atom stereocenters. The number of hydrogen-bond acceptors (Lipinski definition) is 4. The van der Waals surface area contributed by atoms with Crippen LogP contribution in [0.5, 0.6) is 0 Å². The average molecular weight is 265 g/mol.